The first-order valence-corrected chi connectivity index (χ1v) is 8.83. The van der Waals surface area contributed by atoms with E-state index < -0.39 is 16.0 Å². The van der Waals surface area contributed by atoms with Crippen molar-refractivity contribution in [1.29, 1.82) is 0 Å². The van der Waals surface area contributed by atoms with Gasteiger partial charge < -0.3 is 9.73 Å². The van der Waals surface area contributed by atoms with Crippen molar-refractivity contribution in [2.24, 2.45) is 0 Å². The third-order valence-electron chi connectivity index (χ3n) is 3.12. The van der Waals surface area contributed by atoms with Crippen molar-refractivity contribution >= 4 is 16.7 Å². The topological polar surface area (TPSA) is 72.2 Å². The molecule has 0 fully saturated rings. The van der Waals surface area contributed by atoms with Crippen LogP contribution in [0.1, 0.15) is 33.4 Å². The Bertz CT molecular complexity index is 689. The number of aromatic nitrogens is 1. The highest BCUT2D eigenvalue weighted by atomic mass is 32.2. The normalized spacial score (nSPS) is 14.3. The molecular formula is C17H22N2O3S. The molecule has 0 aliphatic carbocycles. The third-order valence-corrected chi connectivity index (χ3v) is 4.71. The smallest absolute Gasteiger partial charge is 0.235 e. The molecule has 1 aromatic carbocycles. The molecule has 0 bridgehead atoms. The van der Waals surface area contributed by atoms with Crippen LogP contribution >= 0.6 is 0 Å². The zero-order valence-corrected chi connectivity index (χ0v) is 14.6. The molecule has 2 rings (SSSR count). The molecule has 0 saturated heterocycles. The van der Waals surface area contributed by atoms with Crippen molar-refractivity contribution in [3.63, 3.8) is 0 Å². The minimum absolute atomic E-state index is 0.190. The van der Waals surface area contributed by atoms with Gasteiger partial charge in [0.15, 0.2) is 0 Å². The molecule has 0 radical (unpaired) electrons. The number of carbonyl (C=O) groups excluding carboxylic acids is 1. The maximum atomic E-state index is 12.4. The summed E-state index contributed by atoms with van der Waals surface area (Å²) in [5.74, 6) is 0.460. The Morgan fingerprint density at radius 2 is 1.96 bits per heavy atom. The number of nitrogens with one attached hydrogen (secondary N) is 1. The Kier molecular flexibility index (Phi) is 5.36. The zero-order valence-electron chi connectivity index (χ0n) is 13.8. The Labute approximate surface area is 139 Å². The van der Waals surface area contributed by atoms with E-state index in [1.165, 1.54) is 6.26 Å². The lowest BCUT2D eigenvalue weighted by Gasteiger charge is -2.22. The second-order valence-corrected chi connectivity index (χ2v) is 8.17. The number of oxazole rings is 1. The third kappa shape index (κ3) is 5.03. The van der Waals surface area contributed by atoms with E-state index in [-0.39, 0.29) is 17.2 Å². The molecule has 5 nitrogen and oxygen atoms in total. The quantitative estimate of drug-likeness (QED) is 0.912. The molecule has 1 N–H and O–H groups in total. The summed E-state index contributed by atoms with van der Waals surface area (Å²) < 4.78 is 17.8. The molecule has 124 valence electrons. The van der Waals surface area contributed by atoms with Crippen LogP contribution in [0.25, 0.3) is 11.5 Å². The lowest BCUT2D eigenvalue weighted by molar-refractivity contribution is -0.121. The summed E-state index contributed by atoms with van der Waals surface area (Å²) >= 11 is 0. The van der Waals surface area contributed by atoms with Gasteiger partial charge in [0, 0.05) is 21.9 Å². The first kappa shape index (κ1) is 17.4. The van der Waals surface area contributed by atoms with Gasteiger partial charge in [-0.15, -0.1) is 0 Å². The predicted octanol–water partition coefficient (Wildman–Crippen LogP) is 2.89. The summed E-state index contributed by atoms with van der Waals surface area (Å²) in [5, 5.41) is 2.24. The van der Waals surface area contributed by atoms with E-state index in [4.69, 9.17) is 4.42 Å². The SMILES string of the molecule is C[C@@H](C(=O)NC(C)(C)C)[S@@](=O)Cc1coc(-c2ccccc2)n1. The average Bonchev–Trinajstić information content (AvgIpc) is 2.94. The van der Waals surface area contributed by atoms with Gasteiger partial charge in [-0.1, -0.05) is 18.2 Å². The summed E-state index contributed by atoms with van der Waals surface area (Å²) in [6, 6.07) is 9.50. The van der Waals surface area contributed by atoms with Crippen LogP contribution in [0.4, 0.5) is 0 Å². The number of rotatable bonds is 5. The van der Waals surface area contributed by atoms with E-state index in [2.05, 4.69) is 10.3 Å². The fourth-order valence-corrected chi connectivity index (χ4v) is 2.92. The molecule has 0 aliphatic rings. The first-order chi connectivity index (χ1) is 10.8. The predicted molar refractivity (Wildman–Crippen MR) is 91.1 cm³/mol. The highest BCUT2D eigenvalue weighted by molar-refractivity contribution is 7.85. The van der Waals surface area contributed by atoms with E-state index in [0.29, 0.717) is 11.6 Å². The molecular weight excluding hydrogens is 312 g/mol. The first-order valence-electron chi connectivity index (χ1n) is 7.45. The standard InChI is InChI=1S/C17H22N2O3S/c1-12(15(20)19-17(2,3)4)23(21)11-14-10-22-16(18-14)13-8-6-5-7-9-13/h5-10,12H,11H2,1-4H3,(H,19,20)/t12-,23-/m0/s1. The molecule has 1 heterocycles. The Morgan fingerprint density at radius 1 is 1.30 bits per heavy atom. The van der Waals surface area contributed by atoms with Gasteiger partial charge in [-0.2, -0.15) is 0 Å². The molecule has 1 amide bonds. The minimum Gasteiger partial charge on any atom is -0.444 e. The van der Waals surface area contributed by atoms with Gasteiger partial charge in [0.2, 0.25) is 11.8 Å². The van der Waals surface area contributed by atoms with Crippen LogP contribution < -0.4 is 5.32 Å². The zero-order chi connectivity index (χ0) is 17.0. The van der Waals surface area contributed by atoms with Crippen LogP contribution in [0.3, 0.4) is 0 Å². The lowest BCUT2D eigenvalue weighted by atomic mass is 10.1. The largest absolute Gasteiger partial charge is 0.444 e. The highest BCUT2D eigenvalue weighted by Crippen LogP contribution is 2.19. The van der Waals surface area contributed by atoms with E-state index in [1.807, 2.05) is 51.1 Å². The van der Waals surface area contributed by atoms with Gasteiger partial charge in [-0.3, -0.25) is 9.00 Å². The molecule has 0 saturated carbocycles. The second kappa shape index (κ2) is 7.08. The number of amides is 1. The molecule has 2 atom stereocenters. The van der Waals surface area contributed by atoms with E-state index >= 15 is 0 Å². The lowest BCUT2D eigenvalue weighted by Crippen LogP contribution is -2.46. The number of nitrogens with zero attached hydrogens (tertiary/aromatic N) is 1. The van der Waals surface area contributed by atoms with Crippen molar-refractivity contribution in [1.82, 2.24) is 10.3 Å². The van der Waals surface area contributed by atoms with Gasteiger partial charge in [0.25, 0.3) is 0 Å². The van der Waals surface area contributed by atoms with Crippen molar-refractivity contribution in [3.8, 4) is 11.5 Å². The van der Waals surface area contributed by atoms with Gasteiger partial charge in [0.1, 0.15) is 11.5 Å². The molecule has 1 aromatic heterocycles. The molecule has 0 unspecified atom stereocenters. The fraction of sp³-hybridized carbons (Fsp3) is 0.412. The van der Waals surface area contributed by atoms with Crippen molar-refractivity contribution in [3.05, 3.63) is 42.3 Å². The second-order valence-electron chi connectivity index (χ2n) is 6.42. The summed E-state index contributed by atoms with van der Waals surface area (Å²) in [4.78, 5) is 16.4. The summed E-state index contributed by atoms with van der Waals surface area (Å²) in [5.41, 5.74) is 1.10. The Hall–Kier alpha value is -1.95. The van der Waals surface area contributed by atoms with Crippen LogP contribution in [0.2, 0.25) is 0 Å². The van der Waals surface area contributed by atoms with E-state index in [9.17, 15) is 9.00 Å². The summed E-state index contributed by atoms with van der Waals surface area (Å²) in [6.07, 6.45) is 1.49. The van der Waals surface area contributed by atoms with Gasteiger partial charge in [-0.05, 0) is 39.8 Å². The Morgan fingerprint density at radius 3 is 2.57 bits per heavy atom. The maximum Gasteiger partial charge on any atom is 0.235 e. The Balaban J connectivity index is 2.01. The van der Waals surface area contributed by atoms with Crippen LogP contribution in [-0.2, 0) is 21.3 Å². The van der Waals surface area contributed by atoms with Crippen LogP contribution in [0.5, 0.6) is 0 Å². The summed E-state index contributed by atoms with van der Waals surface area (Å²) in [6.45, 7) is 7.34. The fourth-order valence-electron chi connectivity index (χ4n) is 1.95. The molecule has 23 heavy (non-hydrogen) atoms. The van der Waals surface area contributed by atoms with Gasteiger partial charge in [0.05, 0.1) is 11.4 Å². The van der Waals surface area contributed by atoms with Gasteiger partial charge >= 0.3 is 0 Å². The number of hydrogen-bond donors (Lipinski definition) is 1. The number of hydrogen-bond acceptors (Lipinski definition) is 4. The average molecular weight is 334 g/mol. The molecule has 6 heteroatoms. The van der Waals surface area contributed by atoms with Crippen LogP contribution in [-0.4, -0.2) is 25.9 Å². The molecule has 0 spiro atoms. The van der Waals surface area contributed by atoms with Crippen LogP contribution in [0, 0.1) is 0 Å². The van der Waals surface area contributed by atoms with Crippen molar-refractivity contribution in [2.45, 2.75) is 44.2 Å². The van der Waals surface area contributed by atoms with Gasteiger partial charge in [-0.25, -0.2) is 4.98 Å². The monoisotopic (exact) mass is 334 g/mol. The molecule has 2 aromatic rings. The van der Waals surface area contributed by atoms with E-state index in [0.717, 1.165) is 5.56 Å². The van der Waals surface area contributed by atoms with Crippen molar-refractivity contribution < 1.29 is 13.4 Å². The van der Waals surface area contributed by atoms with E-state index in [1.54, 1.807) is 6.92 Å². The van der Waals surface area contributed by atoms with Crippen LogP contribution in [0.15, 0.2) is 41.0 Å². The summed E-state index contributed by atoms with van der Waals surface area (Å²) in [7, 11) is -1.36. The number of carbonyl (C=O) groups is 1. The highest BCUT2D eigenvalue weighted by Gasteiger charge is 2.24. The minimum atomic E-state index is -1.36. The maximum absolute atomic E-state index is 12.4. The molecule has 0 aliphatic heterocycles. The van der Waals surface area contributed by atoms with Crippen molar-refractivity contribution in [2.75, 3.05) is 0 Å². The number of benzene rings is 1.